The first-order valence-corrected chi connectivity index (χ1v) is 13.7. The van der Waals surface area contributed by atoms with Crippen LogP contribution in [0.2, 0.25) is 10.0 Å². The number of benzene rings is 3. The number of H-pyrrole nitrogens is 1. The molecule has 12 heteroatoms. The van der Waals surface area contributed by atoms with Gasteiger partial charge in [-0.25, -0.2) is 10.1 Å². The van der Waals surface area contributed by atoms with E-state index in [4.69, 9.17) is 32.9 Å². The number of carbonyl (C=O) groups is 1. The highest BCUT2D eigenvalue weighted by atomic mass is 35.5. The van der Waals surface area contributed by atoms with E-state index in [0.29, 0.717) is 28.3 Å². The summed E-state index contributed by atoms with van der Waals surface area (Å²) in [5.41, 5.74) is 4.74. The molecule has 40 heavy (non-hydrogen) atoms. The molecule has 0 aliphatic heterocycles. The summed E-state index contributed by atoms with van der Waals surface area (Å²) in [5, 5.41) is 16.7. The Hall–Kier alpha value is -4.15. The molecule has 2 aromatic heterocycles. The first-order valence-electron chi connectivity index (χ1n) is 12.9. The number of anilines is 1. The van der Waals surface area contributed by atoms with Gasteiger partial charge in [-0.15, -0.1) is 0 Å². The van der Waals surface area contributed by atoms with Gasteiger partial charge in [0.25, 0.3) is 5.91 Å². The smallest absolute Gasteiger partial charge is 0.258 e. The van der Waals surface area contributed by atoms with E-state index in [9.17, 15) is 4.79 Å². The SMILES string of the molecule is Cn1c(=Nc2ccc(OC3CCCC3)cc2)n(Cc2ccc(C(=O)Nc3nnn[nH]3)cc2)c2cc(Cl)c(Cl)cc21. The second-order valence-electron chi connectivity index (χ2n) is 9.73. The summed E-state index contributed by atoms with van der Waals surface area (Å²) in [6, 6.07) is 18.9. The molecule has 1 saturated carbocycles. The minimum atomic E-state index is -0.319. The second kappa shape index (κ2) is 11.1. The number of hydrogen-bond acceptors (Lipinski definition) is 6. The van der Waals surface area contributed by atoms with Crippen molar-refractivity contribution in [1.29, 1.82) is 0 Å². The molecule has 5 aromatic rings. The van der Waals surface area contributed by atoms with Crippen LogP contribution in [-0.2, 0) is 13.6 Å². The van der Waals surface area contributed by atoms with Crippen molar-refractivity contribution in [3.8, 4) is 5.75 Å². The lowest BCUT2D eigenvalue weighted by Gasteiger charge is -2.12. The van der Waals surface area contributed by atoms with E-state index < -0.39 is 0 Å². The van der Waals surface area contributed by atoms with Crippen LogP contribution in [0, 0.1) is 0 Å². The average Bonchev–Trinajstić information content (AvgIpc) is 3.71. The Kier molecular flexibility index (Phi) is 7.27. The first kappa shape index (κ1) is 26.1. The monoisotopic (exact) mass is 576 g/mol. The molecule has 1 fully saturated rings. The summed E-state index contributed by atoms with van der Waals surface area (Å²) >= 11 is 12.8. The van der Waals surface area contributed by atoms with Gasteiger partial charge in [0.05, 0.1) is 39.4 Å². The summed E-state index contributed by atoms with van der Waals surface area (Å²) in [6.07, 6.45) is 4.97. The Morgan fingerprint density at radius 3 is 2.42 bits per heavy atom. The van der Waals surface area contributed by atoms with Crippen molar-refractivity contribution < 1.29 is 9.53 Å². The molecule has 6 rings (SSSR count). The lowest BCUT2D eigenvalue weighted by molar-refractivity contribution is 0.102. The van der Waals surface area contributed by atoms with Crippen LogP contribution in [0.1, 0.15) is 41.6 Å². The standard InChI is InChI=1S/C28H26Cl2N8O2/c1-37-24-14-22(29)23(30)15-25(24)38(16-17-6-8-18(9-7-17)26(39)32-27-33-35-36-34-27)28(37)31-19-10-12-21(13-11-19)40-20-4-2-3-5-20/h6-15,20H,2-5,16H2,1H3,(H2,32,33,34,35,36,39). The Morgan fingerprint density at radius 1 is 1.05 bits per heavy atom. The van der Waals surface area contributed by atoms with E-state index in [-0.39, 0.29) is 11.9 Å². The number of imidazole rings is 1. The highest BCUT2D eigenvalue weighted by Gasteiger charge is 2.17. The van der Waals surface area contributed by atoms with Gasteiger partial charge >= 0.3 is 0 Å². The Bertz CT molecular complexity index is 1720. The molecule has 1 aliphatic carbocycles. The highest BCUT2D eigenvalue weighted by Crippen LogP contribution is 2.29. The van der Waals surface area contributed by atoms with Crippen LogP contribution < -0.4 is 15.7 Å². The van der Waals surface area contributed by atoms with Gasteiger partial charge in [-0.2, -0.15) is 0 Å². The number of rotatable bonds is 7. The van der Waals surface area contributed by atoms with E-state index in [1.165, 1.54) is 12.8 Å². The number of nitrogens with zero attached hydrogens (tertiary/aromatic N) is 6. The van der Waals surface area contributed by atoms with Gasteiger partial charge in [-0.05, 0) is 90.2 Å². The molecule has 3 aromatic carbocycles. The number of aromatic amines is 1. The molecule has 10 nitrogen and oxygen atoms in total. The lowest BCUT2D eigenvalue weighted by atomic mass is 10.1. The number of carbonyl (C=O) groups excluding carboxylic acids is 1. The quantitative estimate of drug-likeness (QED) is 0.259. The highest BCUT2D eigenvalue weighted by molar-refractivity contribution is 6.42. The molecule has 0 atom stereocenters. The fraction of sp³-hybridized carbons (Fsp3) is 0.250. The normalized spacial score (nSPS) is 14.2. The number of halogens is 2. The fourth-order valence-corrected chi connectivity index (χ4v) is 5.26. The van der Waals surface area contributed by atoms with Crippen molar-refractivity contribution in [2.75, 3.05) is 5.32 Å². The van der Waals surface area contributed by atoms with Crippen LogP contribution in [0.25, 0.3) is 11.0 Å². The zero-order valence-electron chi connectivity index (χ0n) is 21.6. The van der Waals surface area contributed by atoms with Crippen LogP contribution in [0.5, 0.6) is 5.75 Å². The maximum Gasteiger partial charge on any atom is 0.258 e. The van der Waals surface area contributed by atoms with Gasteiger partial charge in [-0.1, -0.05) is 40.4 Å². The number of tetrazole rings is 1. The number of nitrogens with one attached hydrogen (secondary N) is 2. The van der Waals surface area contributed by atoms with E-state index >= 15 is 0 Å². The molecule has 0 radical (unpaired) electrons. The minimum Gasteiger partial charge on any atom is -0.490 e. The number of hydrogen-bond donors (Lipinski definition) is 2. The fourth-order valence-electron chi connectivity index (χ4n) is 4.95. The molecule has 0 spiro atoms. The largest absolute Gasteiger partial charge is 0.490 e. The molecular formula is C28H26Cl2N8O2. The Balaban J connectivity index is 1.33. The molecule has 2 heterocycles. The van der Waals surface area contributed by atoms with Gasteiger partial charge in [-0.3, -0.25) is 10.1 Å². The van der Waals surface area contributed by atoms with Gasteiger partial charge in [0.1, 0.15) is 5.75 Å². The summed E-state index contributed by atoms with van der Waals surface area (Å²) in [4.78, 5) is 17.5. The van der Waals surface area contributed by atoms with Gasteiger partial charge in [0, 0.05) is 12.6 Å². The average molecular weight is 577 g/mol. The second-order valence-corrected chi connectivity index (χ2v) is 10.5. The Labute approximate surface area is 239 Å². The lowest BCUT2D eigenvalue weighted by Crippen LogP contribution is -2.24. The van der Waals surface area contributed by atoms with Crippen molar-refractivity contribution in [3.63, 3.8) is 0 Å². The first-order chi connectivity index (χ1) is 19.4. The van der Waals surface area contributed by atoms with E-state index in [0.717, 1.165) is 46.5 Å². The number of aromatic nitrogens is 6. The number of ether oxygens (including phenoxy) is 1. The Morgan fingerprint density at radius 2 is 1.75 bits per heavy atom. The number of aryl methyl sites for hydroxylation is 1. The number of fused-ring (bicyclic) bond motifs is 1. The van der Waals surface area contributed by atoms with Gasteiger partial charge in [0.2, 0.25) is 11.6 Å². The third-order valence-electron chi connectivity index (χ3n) is 7.02. The zero-order valence-corrected chi connectivity index (χ0v) is 23.2. The molecule has 0 unspecified atom stereocenters. The van der Waals surface area contributed by atoms with Crippen LogP contribution in [-0.4, -0.2) is 41.8 Å². The molecular weight excluding hydrogens is 551 g/mol. The van der Waals surface area contributed by atoms with Crippen molar-refractivity contribution in [2.45, 2.75) is 38.3 Å². The summed E-state index contributed by atoms with van der Waals surface area (Å²) < 4.78 is 10.2. The summed E-state index contributed by atoms with van der Waals surface area (Å²) in [5.74, 6) is 0.721. The van der Waals surface area contributed by atoms with Crippen molar-refractivity contribution in [3.05, 3.63) is 87.5 Å². The maximum atomic E-state index is 12.5. The zero-order chi connectivity index (χ0) is 27.6. The van der Waals surface area contributed by atoms with E-state index in [2.05, 4.69) is 30.5 Å². The third-order valence-corrected chi connectivity index (χ3v) is 7.74. The molecule has 1 amide bonds. The van der Waals surface area contributed by atoms with E-state index in [1.54, 1.807) is 12.1 Å². The summed E-state index contributed by atoms with van der Waals surface area (Å²) in [7, 11) is 1.95. The maximum absolute atomic E-state index is 12.5. The van der Waals surface area contributed by atoms with Crippen molar-refractivity contribution in [2.24, 2.45) is 12.0 Å². The van der Waals surface area contributed by atoms with Crippen LogP contribution >= 0.6 is 23.2 Å². The summed E-state index contributed by atoms with van der Waals surface area (Å²) in [6.45, 7) is 0.491. The molecule has 0 bridgehead atoms. The molecule has 0 saturated heterocycles. The third kappa shape index (κ3) is 5.45. The van der Waals surface area contributed by atoms with Gasteiger partial charge in [0.15, 0.2) is 0 Å². The van der Waals surface area contributed by atoms with E-state index in [1.807, 2.05) is 60.1 Å². The number of amides is 1. The van der Waals surface area contributed by atoms with Crippen LogP contribution in [0.15, 0.2) is 65.7 Å². The van der Waals surface area contributed by atoms with Crippen LogP contribution in [0.4, 0.5) is 11.6 Å². The predicted molar refractivity (Wildman–Crippen MR) is 153 cm³/mol. The topological polar surface area (TPSA) is 115 Å². The van der Waals surface area contributed by atoms with Crippen molar-refractivity contribution >= 4 is 51.8 Å². The van der Waals surface area contributed by atoms with Crippen molar-refractivity contribution in [1.82, 2.24) is 29.8 Å². The predicted octanol–water partition coefficient (Wildman–Crippen LogP) is 5.65. The minimum absolute atomic E-state index is 0.181. The molecule has 204 valence electrons. The van der Waals surface area contributed by atoms with Gasteiger partial charge < -0.3 is 13.9 Å². The molecule has 2 N–H and O–H groups in total. The van der Waals surface area contributed by atoms with Crippen LogP contribution in [0.3, 0.4) is 0 Å². The molecule has 1 aliphatic rings.